The number of aliphatic hydroxyl groups excluding tert-OH is 2. The van der Waals surface area contributed by atoms with E-state index in [1.165, 1.54) is 340 Å². The zero-order valence-electron chi connectivity index (χ0n) is 53.6. The maximum absolute atomic E-state index is 12.5. The molecule has 0 spiro atoms. The van der Waals surface area contributed by atoms with Crippen molar-refractivity contribution in [1.82, 2.24) is 5.32 Å². The molecule has 1 amide bonds. The van der Waals surface area contributed by atoms with Crippen LogP contribution in [-0.2, 0) is 14.3 Å². The Bertz CT molecular complexity index is 1230. The number of amides is 1. The number of ether oxygens (including phenoxy) is 1. The van der Waals surface area contributed by atoms with Gasteiger partial charge in [-0.2, -0.15) is 0 Å². The minimum atomic E-state index is -0.847. The molecule has 0 aromatic rings. The molecule has 0 saturated carbocycles. The van der Waals surface area contributed by atoms with Gasteiger partial charge in [-0.25, -0.2) is 0 Å². The maximum Gasteiger partial charge on any atom is 0.305 e. The van der Waals surface area contributed by atoms with Crippen molar-refractivity contribution in [1.29, 1.82) is 0 Å². The Hall–Kier alpha value is -1.66. The van der Waals surface area contributed by atoms with Gasteiger partial charge >= 0.3 is 5.97 Å². The summed E-state index contributed by atoms with van der Waals surface area (Å²) in [6, 6.07) is -0.630. The van der Waals surface area contributed by atoms with Crippen LogP contribution in [0.4, 0.5) is 0 Å². The lowest BCUT2D eigenvalue weighted by Crippen LogP contribution is -2.45. The second-order valence-electron chi connectivity index (χ2n) is 24.9. The van der Waals surface area contributed by atoms with Crippen LogP contribution in [-0.4, -0.2) is 47.4 Å². The Balaban J connectivity index is 3.39. The first kappa shape index (κ1) is 77.3. The Morgan fingerprint density at radius 1 is 0.342 bits per heavy atom. The molecule has 0 aliphatic rings. The quantitative estimate of drug-likeness (QED) is 0.0320. The second kappa shape index (κ2) is 68.8. The molecule has 0 rings (SSSR count). The third-order valence-corrected chi connectivity index (χ3v) is 17.0. The molecule has 2 unspecified atom stereocenters. The van der Waals surface area contributed by atoms with Gasteiger partial charge in [-0.3, -0.25) is 9.59 Å². The van der Waals surface area contributed by atoms with E-state index in [1.54, 1.807) is 6.08 Å². The average molecular weight is 1110 g/mol. The molecule has 0 aliphatic carbocycles. The molecule has 79 heavy (non-hydrogen) atoms. The van der Waals surface area contributed by atoms with E-state index in [0.717, 1.165) is 38.5 Å². The van der Waals surface area contributed by atoms with Gasteiger partial charge in [0.25, 0.3) is 0 Å². The lowest BCUT2D eigenvalue weighted by Gasteiger charge is -2.20. The van der Waals surface area contributed by atoms with E-state index in [4.69, 9.17) is 4.74 Å². The largest absolute Gasteiger partial charge is 0.466 e. The van der Waals surface area contributed by atoms with Crippen LogP contribution >= 0.6 is 0 Å². The average Bonchev–Trinajstić information content (AvgIpc) is 3.45. The summed E-state index contributed by atoms with van der Waals surface area (Å²) in [5.41, 5.74) is 0. The number of carbonyl (C=O) groups excluding carboxylic acids is 2. The zero-order valence-corrected chi connectivity index (χ0v) is 53.6. The van der Waals surface area contributed by atoms with Gasteiger partial charge in [0.1, 0.15) is 0 Å². The van der Waals surface area contributed by atoms with Gasteiger partial charge in [0.2, 0.25) is 5.91 Å². The molecule has 0 aliphatic heterocycles. The maximum atomic E-state index is 12.5. The second-order valence-corrected chi connectivity index (χ2v) is 24.9. The summed E-state index contributed by atoms with van der Waals surface area (Å²) in [5, 5.41) is 23.2. The summed E-state index contributed by atoms with van der Waals surface area (Å²) >= 11 is 0. The molecule has 2 atom stereocenters. The van der Waals surface area contributed by atoms with Crippen molar-refractivity contribution >= 4 is 11.9 Å². The smallest absolute Gasteiger partial charge is 0.305 e. The van der Waals surface area contributed by atoms with E-state index in [1.807, 2.05) is 6.08 Å². The Morgan fingerprint density at radius 3 is 0.899 bits per heavy atom. The lowest BCUT2D eigenvalue weighted by molar-refractivity contribution is -0.143. The first-order valence-corrected chi connectivity index (χ1v) is 36.1. The highest BCUT2D eigenvalue weighted by Gasteiger charge is 2.18. The van der Waals surface area contributed by atoms with E-state index in [2.05, 4.69) is 31.3 Å². The third-order valence-electron chi connectivity index (χ3n) is 17.0. The molecule has 3 N–H and O–H groups in total. The Kier molecular flexibility index (Phi) is 67.4. The van der Waals surface area contributed by atoms with Gasteiger partial charge < -0.3 is 20.3 Å². The number of hydrogen-bond acceptors (Lipinski definition) is 5. The van der Waals surface area contributed by atoms with Gasteiger partial charge in [-0.05, 0) is 57.8 Å². The number of rotatable bonds is 68. The normalized spacial score (nSPS) is 12.6. The van der Waals surface area contributed by atoms with Crippen LogP contribution in [0.25, 0.3) is 0 Å². The summed E-state index contributed by atoms with van der Waals surface area (Å²) in [7, 11) is 0. The molecule has 468 valence electrons. The van der Waals surface area contributed by atoms with E-state index in [9.17, 15) is 19.8 Å². The van der Waals surface area contributed by atoms with E-state index in [0.29, 0.717) is 19.4 Å². The van der Waals surface area contributed by atoms with E-state index in [-0.39, 0.29) is 18.5 Å². The number of hydrogen-bond donors (Lipinski definition) is 3. The van der Waals surface area contributed by atoms with Crippen molar-refractivity contribution in [3.8, 4) is 0 Å². The summed E-state index contributed by atoms with van der Waals surface area (Å²) in [6.45, 7) is 4.95. The van der Waals surface area contributed by atoms with Crippen LogP contribution in [0.15, 0.2) is 24.3 Å². The number of esters is 1. The van der Waals surface area contributed by atoms with Crippen LogP contribution in [0.2, 0.25) is 0 Å². The topological polar surface area (TPSA) is 95.9 Å². The van der Waals surface area contributed by atoms with Crippen LogP contribution < -0.4 is 5.32 Å². The van der Waals surface area contributed by atoms with Crippen molar-refractivity contribution in [2.45, 2.75) is 418 Å². The number of nitrogens with one attached hydrogen (secondary N) is 1. The fourth-order valence-corrected chi connectivity index (χ4v) is 11.5. The molecule has 0 saturated heterocycles. The summed E-state index contributed by atoms with van der Waals surface area (Å²) in [5.74, 6) is -0.0490. The molecule has 0 aromatic heterocycles. The third kappa shape index (κ3) is 65.4. The molecular weight excluding hydrogens is 971 g/mol. The SMILES string of the molecule is CCCCCCCCCCCCCCCCCC/C=C/C(O)C(CO)NC(=O)CCCCCCCCCCC/C=C\CCCCCCCCCCCCCCOC(=O)CCCCCCCCCCCCCCCCCCCCC. The summed E-state index contributed by atoms with van der Waals surface area (Å²) in [6.07, 6.45) is 86.9. The predicted molar refractivity (Wildman–Crippen MR) is 347 cm³/mol. The van der Waals surface area contributed by atoms with Crippen LogP contribution in [0.5, 0.6) is 0 Å². The Morgan fingerprint density at radius 2 is 0.595 bits per heavy atom. The van der Waals surface area contributed by atoms with Crippen molar-refractivity contribution in [2.24, 2.45) is 0 Å². The highest BCUT2D eigenvalue weighted by atomic mass is 16.5. The minimum absolute atomic E-state index is 0.0187. The van der Waals surface area contributed by atoms with Gasteiger partial charge in [0.15, 0.2) is 0 Å². The van der Waals surface area contributed by atoms with Gasteiger partial charge in [-0.15, -0.1) is 0 Å². The van der Waals surface area contributed by atoms with E-state index < -0.39 is 12.1 Å². The van der Waals surface area contributed by atoms with Gasteiger partial charge in [-0.1, -0.05) is 359 Å². The first-order valence-electron chi connectivity index (χ1n) is 36.1. The fraction of sp³-hybridized carbons (Fsp3) is 0.918. The van der Waals surface area contributed by atoms with Gasteiger partial charge in [0, 0.05) is 12.8 Å². The number of unbranched alkanes of at least 4 members (excludes halogenated alkanes) is 55. The van der Waals surface area contributed by atoms with Crippen LogP contribution in [0, 0.1) is 0 Å². The molecule has 6 nitrogen and oxygen atoms in total. The monoisotopic (exact) mass is 1110 g/mol. The van der Waals surface area contributed by atoms with Gasteiger partial charge in [0.05, 0.1) is 25.4 Å². The molecule has 0 fully saturated rings. The highest BCUT2D eigenvalue weighted by Crippen LogP contribution is 2.19. The van der Waals surface area contributed by atoms with Crippen molar-refractivity contribution in [2.75, 3.05) is 13.2 Å². The number of aliphatic hydroxyl groups is 2. The summed E-state index contributed by atoms with van der Waals surface area (Å²) in [4.78, 5) is 24.6. The molecule has 0 radical (unpaired) electrons. The molecule has 6 heteroatoms. The van der Waals surface area contributed by atoms with Crippen molar-refractivity contribution in [3.05, 3.63) is 24.3 Å². The molecule has 0 aromatic carbocycles. The zero-order chi connectivity index (χ0) is 57.1. The minimum Gasteiger partial charge on any atom is -0.466 e. The molecule has 0 heterocycles. The fourth-order valence-electron chi connectivity index (χ4n) is 11.5. The standard InChI is InChI=1S/C73H141NO5/c1-3-5-7-9-11-13-15-17-19-21-30-35-39-43-47-51-55-59-63-67-73(78)79-68-64-60-56-52-48-44-40-36-32-29-27-25-23-24-26-28-31-34-38-42-46-50-54-58-62-66-72(77)74-70(69-75)71(76)65-61-57-53-49-45-41-37-33-22-20-18-16-14-12-10-8-6-4-2/h24,26,61,65,70-71,75-76H,3-23,25,27-60,62-64,66-69H2,1-2H3,(H,74,77)/b26-24-,65-61+. The lowest BCUT2D eigenvalue weighted by atomic mass is 10.0. The number of carbonyl (C=O) groups is 2. The van der Waals surface area contributed by atoms with Crippen molar-refractivity contribution in [3.63, 3.8) is 0 Å². The summed E-state index contributed by atoms with van der Waals surface area (Å²) < 4.78 is 5.51. The highest BCUT2D eigenvalue weighted by molar-refractivity contribution is 5.76. The molecular formula is C73H141NO5. The Labute approximate surface area is 494 Å². The molecule has 0 bridgehead atoms. The first-order chi connectivity index (χ1) is 39.0. The van der Waals surface area contributed by atoms with E-state index >= 15 is 0 Å². The predicted octanol–water partition coefficient (Wildman–Crippen LogP) is 23.3. The number of allylic oxidation sites excluding steroid dienone is 3. The van der Waals surface area contributed by atoms with Crippen LogP contribution in [0.1, 0.15) is 406 Å². The van der Waals surface area contributed by atoms with Crippen LogP contribution in [0.3, 0.4) is 0 Å². The van der Waals surface area contributed by atoms with Crippen molar-refractivity contribution < 1.29 is 24.5 Å².